The van der Waals surface area contributed by atoms with Gasteiger partial charge in [-0.2, -0.15) is 0 Å². The number of hydrazine groups is 1. The van der Waals surface area contributed by atoms with Crippen molar-refractivity contribution in [1.82, 2.24) is 9.97 Å². The van der Waals surface area contributed by atoms with E-state index in [1.54, 1.807) is 0 Å². The zero-order chi connectivity index (χ0) is 15.0. The van der Waals surface area contributed by atoms with Gasteiger partial charge in [-0.25, -0.2) is 15.8 Å². The van der Waals surface area contributed by atoms with Crippen molar-refractivity contribution >= 4 is 11.6 Å². The molecule has 0 spiro atoms. The van der Waals surface area contributed by atoms with Crippen molar-refractivity contribution in [1.29, 1.82) is 0 Å². The minimum absolute atomic E-state index is 0.0373. The maximum atomic E-state index is 9.38. The fourth-order valence-electron chi connectivity index (χ4n) is 2.00. The molecule has 0 aromatic carbocycles. The van der Waals surface area contributed by atoms with Crippen molar-refractivity contribution in [2.75, 3.05) is 23.9 Å². The molecule has 1 fully saturated rings. The van der Waals surface area contributed by atoms with Crippen LogP contribution in [0.5, 0.6) is 0 Å². The molecular formula is C14H25N5O. The van der Waals surface area contributed by atoms with Crippen LogP contribution in [0.15, 0.2) is 0 Å². The lowest BCUT2D eigenvalue weighted by Crippen LogP contribution is -2.24. The van der Waals surface area contributed by atoms with Crippen LogP contribution in [0.25, 0.3) is 0 Å². The number of aliphatic hydroxyl groups is 1. The summed E-state index contributed by atoms with van der Waals surface area (Å²) in [5.74, 6) is 7.72. The minimum Gasteiger partial charge on any atom is -0.396 e. The Morgan fingerprint density at radius 2 is 1.85 bits per heavy atom. The lowest BCUT2D eigenvalue weighted by Gasteiger charge is -2.21. The van der Waals surface area contributed by atoms with Gasteiger partial charge in [-0.15, -0.1) is 0 Å². The quantitative estimate of drug-likeness (QED) is 0.482. The first kappa shape index (κ1) is 15.0. The molecule has 6 heteroatoms. The SMILES string of the molecule is Cc1c(NN)nc(C(C)(C)C)nc1NCC1(CO)CC1. The predicted molar refractivity (Wildman–Crippen MR) is 80.5 cm³/mol. The van der Waals surface area contributed by atoms with Crippen molar-refractivity contribution in [3.63, 3.8) is 0 Å². The van der Waals surface area contributed by atoms with Gasteiger partial charge in [0.2, 0.25) is 0 Å². The Morgan fingerprint density at radius 3 is 2.30 bits per heavy atom. The van der Waals surface area contributed by atoms with Gasteiger partial charge in [0.15, 0.2) is 0 Å². The molecule has 2 rings (SSSR count). The number of hydrogen-bond acceptors (Lipinski definition) is 6. The molecule has 0 amide bonds. The Kier molecular flexibility index (Phi) is 3.88. The van der Waals surface area contributed by atoms with Crippen LogP contribution in [-0.4, -0.2) is 28.2 Å². The molecule has 0 saturated heterocycles. The van der Waals surface area contributed by atoms with Gasteiger partial charge >= 0.3 is 0 Å². The van der Waals surface area contributed by atoms with Crippen LogP contribution >= 0.6 is 0 Å². The van der Waals surface area contributed by atoms with Crippen molar-refractivity contribution in [2.45, 2.75) is 46.0 Å². The molecule has 0 radical (unpaired) electrons. The van der Waals surface area contributed by atoms with Crippen molar-refractivity contribution in [3.8, 4) is 0 Å². The zero-order valence-corrected chi connectivity index (χ0v) is 12.7. The highest BCUT2D eigenvalue weighted by atomic mass is 16.3. The van der Waals surface area contributed by atoms with Crippen LogP contribution in [0.3, 0.4) is 0 Å². The molecule has 1 aliphatic carbocycles. The summed E-state index contributed by atoms with van der Waals surface area (Å²) >= 11 is 0. The first-order valence-corrected chi connectivity index (χ1v) is 7.02. The predicted octanol–water partition coefficient (Wildman–Crippen LogP) is 1.55. The van der Waals surface area contributed by atoms with Crippen LogP contribution in [0.1, 0.15) is 45.0 Å². The minimum atomic E-state index is -0.149. The highest BCUT2D eigenvalue weighted by Crippen LogP contribution is 2.45. The molecule has 1 saturated carbocycles. The molecule has 20 heavy (non-hydrogen) atoms. The summed E-state index contributed by atoms with van der Waals surface area (Å²) in [6, 6.07) is 0. The normalized spacial score (nSPS) is 16.9. The maximum absolute atomic E-state index is 9.38. The van der Waals surface area contributed by atoms with E-state index >= 15 is 0 Å². The topological polar surface area (TPSA) is 96.1 Å². The Hall–Kier alpha value is -1.40. The number of nitrogens with one attached hydrogen (secondary N) is 2. The average Bonchev–Trinajstić information content (AvgIpc) is 3.17. The van der Waals surface area contributed by atoms with Gasteiger partial charge in [0.1, 0.15) is 17.5 Å². The molecule has 0 unspecified atom stereocenters. The van der Waals surface area contributed by atoms with Crippen LogP contribution in [0, 0.1) is 12.3 Å². The van der Waals surface area contributed by atoms with Crippen molar-refractivity contribution < 1.29 is 5.11 Å². The lowest BCUT2D eigenvalue weighted by atomic mass is 9.95. The lowest BCUT2D eigenvalue weighted by molar-refractivity contribution is 0.219. The van der Waals surface area contributed by atoms with Crippen LogP contribution < -0.4 is 16.6 Å². The van der Waals surface area contributed by atoms with Gasteiger partial charge in [0.05, 0.1) is 6.61 Å². The van der Waals surface area contributed by atoms with Gasteiger partial charge in [0, 0.05) is 22.9 Å². The van der Waals surface area contributed by atoms with E-state index in [0.29, 0.717) is 5.82 Å². The standard InChI is InChI=1S/C14H25N5O/c1-9-10(16-7-14(8-20)5-6-14)17-12(13(2,3)4)18-11(9)19-15/h20H,5-8,15H2,1-4H3,(H2,16,17,18,19). The molecule has 1 aliphatic rings. The van der Waals surface area contributed by atoms with Crippen LogP contribution in [-0.2, 0) is 5.41 Å². The van der Waals surface area contributed by atoms with E-state index in [-0.39, 0.29) is 17.4 Å². The highest BCUT2D eigenvalue weighted by Gasteiger charge is 2.41. The van der Waals surface area contributed by atoms with E-state index in [9.17, 15) is 5.11 Å². The van der Waals surface area contributed by atoms with E-state index in [1.165, 1.54) is 0 Å². The summed E-state index contributed by atoms with van der Waals surface area (Å²) in [6.45, 7) is 9.09. The number of hydrogen-bond donors (Lipinski definition) is 4. The first-order chi connectivity index (χ1) is 9.31. The molecule has 1 heterocycles. The molecule has 5 N–H and O–H groups in total. The number of aliphatic hydroxyl groups excluding tert-OH is 1. The van der Waals surface area contributed by atoms with Gasteiger partial charge in [0.25, 0.3) is 0 Å². The van der Waals surface area contributed by atoms with Crippen LogP contribution in [0.4, 0.5) is 11.6 Å². The Morgan fingerprint density at radius 1 is 1.25 bits per heavy atom. The Labute approximate surface area is 120 Å². The molecule has 1 aromatic rings. The molecule has 112 valence electrons. The summed E-state index contributed by atoms with van der Waals surface area (Å²) in [6.07, 6.45) is 2.13. The van der Waals surface area contributed by atoms with Gasteiger partial charge in [-0.1, -0.05) is 20.8 Å². The van der Waals surface area contributed by atoms with E-state index in [1.807, 2.05) is 6.92 Å². The summed E-state index contributed by atoms with van der Waals surface area (Å²) in [5.41, 5.74) is 3.42. The van der Waals surface area contributed by atoms with E-state index < -0.39 is 0 Å². The fraction of sp³-hybridized carbons (Fsp3) is 0.714. The average molecular weight is 279 g/mol. The van der Waals surface area contributed by atoms with Crippen molar-refractivity contribution in [3.05, 3.63) is 11.4 Å². The Bertz CT molecular complexity index is 491. The summed E-state index contributed by atoms with van der Waals surface area (Å²) < 4.78 is 0. The molecule has 0 aliphatic heterocycles. The number of nitrogens with two attached hydrogens (primary N) is 1. The highest BCUT2D eigenvalue weighted by molar-refractivity contribution is 5.57. The molecular weight excluding hydrogens is 254 g/mol. The van der Waals surface area contributed by atoms with E-state index in [4.69, 9.17) is 5.84 Å². The second kappa shape index (κ2) is 5.18. The molecule has 0 bridgehead atoms. The third kappa shape index (κ3) is 3.02. The number of nitrogen functional groups attached to an aromatic ring is 1. The second-order valence-electron chi connectivity index (χ2n) is 6.78. The van der Waals surface area contributed by atoms with Gasteiger partial charge in [-0.3, -0.25) is 0 Å². The van der Waals surface area contributed by atoms with Gasteiger partial charge in [-0.05, 0) is 19.8 Å². The fourth-order valence-corrected chi connectivity index (χ4v) is 2.00. The number of anilines is 2. The molecule has 1 aromatic heterocycles. The Balaban J connectivity index is 2.26. The summed E-state index contributed by atoms with van der Waals surface area (Å²) in [7, 11) is 0. The molecule has 0 atom stereocenters. The third-order valence-electron chi connectivity index (χ3n) is 3.88. The first-order valence-electron chi connectivity index (χ1n) is 7.02. The largest absolute Gasteiger partial charge is 0.396 e. The molecule has 6 nitrogen and oxygen atoms in total. The van der Waals surface area contributed by atoms with E-state index in [2.05, 4.69) is 41.5 Å². The van der Waals surface area contributed by atoms with Crippen molar-refractivity contribution in [2.24, 2.45) is 11.3 Å². The summed E-state index contributed by atoms with van der Waals surface area (Å²) in [5, 5.41) is 12.7. The third-order valence-corrected chi connectivity index (χ3v) is 3.88. The zero-order valence-electron chi connectivity index (χ0n) is 12.7. The monoisotopic (exact) mass is 279 g/mol. The van der Waals surface area contributed by atoms with Gasteiger partial charge < -0.3 is 15.8 Å². The van der Waals surface area contributed by atoms with Crippen LogP contribution in [0.2, 0.25) is 0 Å². The number of aromatic nitrogens is 2. The second-order valence-corrected chi connectivity index (χ2v) is 6.78. The van der Waals surface area contributed by atoms with E-state index in [0.717, 1.165) is 36.6 Å². The number of rotatable bonds is 5. The summed E-state index contributed by atoms with van der Waals surface area (Å²) in [4.78, 5) is 9.08. The maximum Gasteiger partial charge on any atom is 0.148 e. The smallest absolute Gasteiger partial charge is 0.148 e. The number of nitrogens with zero attached hydrogens (tertiary/aromatic N) is 2.